The highest BCUT2D eigenvalue weighted by molar-refractivity contribution is 5.78. The zero-order valence-corrected chi connectivity index (χ0v) is 10.2. The van der Waals surface area contributed by atoms with Crippen LogP contribution in [0.5, 0.6) is 0 Å². The van der Waals surface area contributed by atoms with Gasteiger partial charge in [0.2, 0.25) is 0 Å². The van der Waals surface area contributed by atoms with Crippen LogP contribution in [0.1, 0.15) is 12.8 Å². The third kappa shape index (κ3) is 2.35. The first-order valence-electron chi connectivity index (χ1n) is 5.78. The average Bonchev–Trinajstić information content (AvgIpc) is 2.90. The molecule has 1 saturated heterocycles. The summed E-state index contributed by atoms with van der Waals surface area (Å²) in [4.78, 5) is 31.8. The van der Waals surface area contributed by atoms with Gasteiger partial charge in [-0.1, -0.05) is 0 Å². The molecule has 0 bridgehead atoms. The Morgan fingerprint density at radius 1 is 0.850 bits per heavy atom. The first-order chi connectivity index (χ1) is 9.41. The van der Waals surface area contributed by atoms with Crippen LogP contribution in [0.2, 0.25) is 0 Å². The molecule has 2 rings (SSSR count). The van der Waals surface area contributed by atoms with E-state index < -0.39 is 31.8 Å². The number of nitro groups is 3. The highest BCUT2D eigenvalue weighted by atomic mass is 16.6. The molecule has 0 aliphatic carbocycles. The van der Waals surface area contributed by atoms with Gasteiger partial charge in [-0.05, 0) is 12.8 Å². The van der Waals surface area contributed by atoms with Gasteiger partial charge in [-0.15, -0.1) is 0 Å². The SMILES string of the molecule is O=[N+]([O-])c1cc([N+](=O)[O-])c(N2CCCC2)c([N+](=O)[O-])c1. The second kappa shape index (κ2) is 5.07. The average molecular weight is 282 g/mol. The summed E-state index contributed by atoms with van der Waals surface area (Å²) in [5.74, 6) is 0. The first kappa shape index (κ1) is 13.6. The Balaban J connectivity index is 2.70. The minimum atomic E-state index is -0.881. The number of anilines is 1. The number of benzene rings is 1. The first-order valence-corrected chi connectivity index (χ1v) is 5.78. The predicted molar refractivity (Wildman–Crippen MR) is 67.9 cm³/mol. The normalized spacial score (nSPS) is 14.3. The van der Waals surface area contributed by atoms with E-state index in [1.165, 1.54) is 4.90 Å². The molecular weight excluding hydrogens is 272 g/mol. The molecule has 0 N–H and O–H groups in total. The van der Waals surface area contributed by atoms with Crippen LogP contribution in [-0.4, -0.2) is 27.9 Å². The van der Waals surface area contributed by atoms with Gasteiger partial charge in [0.05, 0.1) is 26.9 Å². The summed E-state index contributed by atoms with van der Waals surface area (Å²) in [7, 11) is 0. The van der Waals surface area contributed by atoms with Crippen molar-refractivity contribution in [2.24, 2.45) is 0 Å². The van der Waals surface area contributed by atoms with Crippen LogP contribution in [-0.2, 0) is 0 Å². The summed E-state index contributed by atoms with van der Waals surface area (Å²) < 4.78 is 0. The summed E-state index contributed by atoms with van der Waals surface area (Å²) >= 11 is 0. The molecule has 10 heteroatoms. The van der Waals surface area contributed by atoms with Gasteiger partial charge in [-0.2, -0.15) is 0 Å². The molecule has 1 fully saturated rings. The van der Waals surface area contributed by atoms with Crippen LogP contribution in [0.4, 0.5) is 22.7 Å². The Hall–Kier alpha value is -2.78. The van der Waals surface area contributed by atoms with Crippen molar-refractivity contribution in [3.63, 3.8) is 0 Å². The summed E-state index contributed by atoms with van der Waals surface area (Å²) in [6, 6.07) is 1.53. The minimum absolute atomic E-state index is 0.150. The molecule has 1 aliphatic rings. The highest BCUT2D eigenvalue weighted by Gasteiger charge is 2.34. The molecule has 1 aromatic rings. The standard InChI is InChI=1S/C10H10N4O6/c15-12(16)7-5-8(13(17)18)10(9(6-7)14(19)20)11-3-1-2-4-11/h5-6H,1-4H2. The third-order valence-corrected chi connectivity index (χ3v) is 3.08. The van der Waals surface area contributed by atoms with Crippen molar-refractivity contribution in [2.45, 2.75) is 12.8 Å². The molecule has 10 nitrogen and oxygen atoms in total. The van der Waals surface area contributed by atoms with Crippen molar-refractivity contribution in [1.82, 2.24) is 0 Å². The van der Waals surface area contributed by atoms with Crippen LogP contribution < -0.4 is 4.90 Å². The van der Waals surface area contributed by atoms with E-state index in [1.807, 2.05) is 0 Å². The van der Waals surface area contributed by atoms with E-state index in [0.717, 1.165) is 25.0 Å². The second-order valence-corrected chi connectivity index (χ2v) is 4.30. The maximum absolute atomic E-state index is 11.1. The van der Waals surface area contributed by atoms with E-state index >= 15 is 0 Å². The van der Waals surface area contributed by atoms with Gasteiger partial charge >= 0.3 is 11.4 Å². The van der Waals surface area contributed by atoms with Crippen LogP contribution in [0, 0.1) is 30.3 Å². The Bertz CT molecular complexity index is 560. The number of non-ortho nitro benzene ring substituents is 1. The van der Waals surface area contributed by atoms with Gasteiger partial charge in [0.15, 0.2) is 5.69 Å². The summed E-state index contributed by atoms with van der Waals surface area (Å²) in [6.07, 6.45) is 1.54. The van der Waals surface area contributed by atoms with Gasteiger partial charge in [-0.25, -0.2) is 0 Å². The largest absolute Gasteiger partial charge is 0.360 e. The van der Waals surface area contributed by atoms with E-state index in [2.05, 4.69) is 0 Å². The topological polar surface area (TPSA) is 133 Å². The molecule has 0 amide bonds. The van der Waals surface area contributed by atoms with E-state index in [4.69, 9.17) is 0 Å². The number of hydrogen-bond acceptors (Lipinski definition) is 7. The summed E-state index contributed by atoms with van der Waals surface area (Å²) in [5, 5.41) is 32.9. The Morgan fingerprint density at radius 2 is 1.30 bits per heavy atom. The van der Waals surface area contributed by atoms with Crippen molar-refractivity contribution in [3.05, 3.63) is 42.5 Å². The molecule has 0 saturated carbocycles. The quantitative estimate of drug-likeness (QED) is 0.609. The molecule has 0 atom stereocenters. The lowest BCUT2D eigenvalue weighted by molar-refractivity contribution is -0.402. The van der Waals surface area contributed by atoms with Crippen molar-refractivity contribution in [2.75, 3.05) is 18.0 Å². The molecule has 0 spiro atoms. The summed E-state index contributed by atoms with van der Waals surface area (Å²) in [6.45, 7) is 0.916. The van der Waals surface area contributed by atoms with Gasteiger partial charge < -0.3 is 4.90 Å². The molecule has 0 aromatic heterocycles. The van der Waals surface area contributed by atoms with Gasteiger partial charge in [0.1, 0.15) is 0 Å². The van der Waals surface area contributed by atoms with Gasteiger partial charge in [-0.3, -0.25) is 30.3 Å². The highest BCUT2D eigenvalue weighted by Crippen LogP contribution is 2.42. The van der Waals surface area contributed by atoms with Crippen LogP contribution in [0.15, 0.2) is 12.1 Å². The fraction of sp³-hybridized carbons (Fsp3) is 0.400. The van der Waals surface area contributed by atoms with Crippen LogP contribution in [0.3, 0.4) is 0 Å². The predicted octanol–water partition coefficient (Wildman–Crippen LogP) is 2.01. The maximum Gasteiger partial charge on any atom is 0.306 e. The molecule has 1 aliphatic heterocycles. The van der Waals surface area contributed by atoms with Gasteiger partial charge in [0, 0.05) is 13.1 Å². The van der Waals surface area contributed by atoms with Crippen molar-refractivity contribution >= 4 is 22.7 Å². The van der Waals surface area contributed by atoms with Crippen LogP contribution in [0.25, 0.3) is 0 Å². The van der Waals surface area contributed by atoms with Crippen molar-refractivity contribution < 1.29 is 14.8 Å². The molecule has 0 unspecified atom stereocenters. The maximum atomic E-state index is 11.1. The number of hydrogen-bond donors (Lipinski definition) is 0. The Morgan fingerprint density at radius 3 is 1.65 bits per heavy atom. The summed E-state index contributed by atoms with van der Waals surface area (Å²) in [5.41, 5.74) is -2.02. The Labute approximate surface area is 112 Å². The zero-order valence-electron chi connectivity index (χ0n) is 10.2. The number of nitrogens with zero attached hydrogens (tertiary/aromatic N) is 4. The molecule has 0 radical (unpaired) electrons. The molecule has 20 heavy (non-hydrogen) atoms. The van der Waals surface area contributed by atoms with Crippen molar-refractivity contribution in [3.8, 4) is 0 Å². The number of rotatable bonds is 4. The number of nitro benzene ring substituents is 3. The lowest BCUT2D eigenvalue weighted by Crippen LogP contribution is -2.20. The van der Waals surface area contributed by atoms with Gasteiger partial charge in [0.25, 0.3) is 5.69 Å². The van der Waals surface area contributed by atoms with E-state index in [9.17, 15) is 30.3 Å². The lowest BCUT2D eigenvalue weighted by Gasteiger charge is -2.16. The van der Waals surface area contributed by atoms with E-state index in [0.29, 0.717) is 13.1 Å². The van der Waals surface area contributed by atoms with E-state index in [1.54, 1.807) is 0 Å². The zero-order chi connectivity index (χ0) is 14.9. The molecular formula is C10H10N4O6. The smallest absolute Gasteiger partial charge is 0.306 e. The van der Waals surface area contributed by atoms with Crippen molar-refractivity contribution in [1.29, 1.82) is 0 Å². The second-order valence-electron chi connectivity index (χ2n) is 4.30. The van der Waals surface area contributed by atoms with Crippen LogP contribution >= 0.6 is 0 Å². The molecule has 106 valence electrons. The molecule has 1 aromatic carbocycles. The fourth-order valence-electron chi connectivity index (χ4n) is 2.24. The molecule has 1 heterocycles. The lowest BCUT2D eigenvalue weighted by atomic mass is 10.2. The third-order valence-electron chi connectivity index (χ3n) is 3.08. The monoisotopic (exact) mass is 282 g/mol. The fourth-order valence-corrected chi connectivity index (χ4v) is 2.24. The Kier molecular flexibility index (Phi) is 3.46. The van der Waals surface area contributed by atoms with E-state index in [-0.39, 0.29) is 5.69 Å². The minimum Gasteiger partial charge on any atom is -0.360 e.